The maximum absolute atomic E-state index is 11.5. The van der Waals surface area contributed by atoms with Gasteiger partial charge in [-0.05, 0) is 22.2 Å². The van der Waals surface area contributed by atoms with Crippen LogP contribution in [0, 0.1) is 0 Å². The molecule has 0 spiro atoms. The Morgan fingerprint density at radius 1 is 0.806 bits per heavy atom. The normalized spacial score (nSPS) is 13.5. The van der Waals surface area contributed by atoms with E-state index in [1.165, 1.54) is 0 Å². The molecular formula is C25H25N3O3. The topological polar surface area (TPSA) is 84.3 Å². The second kappa shape index (κ2) is 12.3. The van der Waals surface area contributed by atoms with Crippen LogP contribution in [0.5, 0.6) is 0 Å². The van der Waals surface area contributed by atoms with Crippen LogP contribution in [0.4, 0.5) is 0 Å². The minimum absolute atomic E-state index is 0.122. The molecule has 0 radical (unpaired) electrons. The predicted molar refractivity (Wildman–Crippen MR) is 119 cm³/mol. The number of hydrogen-bond donors (Lipinski definition) is 0. The molecule has 3 atom stereocenters. The van der Waals surface area contributed by atoms with Gasteiger partial charge in [0.1, 0.15) is 6.29 Å². The minimum Gasteiger partial charge on any atom is -0.370 e. The van der Waals surface area contributed by atoms with E-state index < -0.39 is 18.2 Å². The summed E-state index contributed by atoms with van der Waals surface area (Å²) in [7, 11) is 0. The molecule has 0 amide bonds. The second-order valence-electron chi connectivity index (χ2n) is 7.06. The highest BCUT2D eigenvalue weighted by molar-refractivity contribution is 5.50. The number of ether oxygens (including phenoxy) is 2. The molecule has 31 heavy (non-hydrogen) atoms. The third kappa shape index (κ3) is 6.79. The van der Waals surface area contributed by atoms with Gasteiger partial charge in [0.05, 0.1) is 31.5 Å². The molecule has 0 aromatic heterocycles. The first-order valence-corrected chi connectivity index (χ1v) is 10.2. The molecule has 3 aromatic rings. The lowest BCUT2D eigenvalue weighted by molar-refractivity contribution is -0.121. The van der Waals surface area contributed by atoms with Gasteiger partial charge >= 0.3 is 0 Å². The molecule has 0 unspecified atom stereocenters. The lowest BCUT2D eigenvalue weighted by atomic mass is 9.96. The second-order valence-corrected chi connectivity index (χ2v) is 7.06. The Morgan fingerprint density at radius 2 is 1.32 bits per heavy atom. The Labute approximate surface area is 182 Å². The first-order valence-electron chi connectivity index (χ1n) is 10.2. The van der Waals surface area contributed by atoms with Gasteiger partial charge in [0.25, 0.3) is 0 Å². The zero-order valence-electron chi connectivity index (χ0n) is 17.2. The Balaban J connectivity index is 1.88. The van der Waals surface area contributed by atoms with Crippen LogP contribution in [0.2, 0.25) is 0 Å². The highest BCUT2D eigenvalue weighted by atomic mass is 16.5. The average Bonchev–Trinajstić information content (AvgIpc) is 2.83. The summed E-state index contributed by atoms with van der Waals surface area (Å²) in [5, 5.41) is 4.02. The molecule has 0 saturated heterocycles. The zero-order valence-corrected chi connectivity index (χ0v) is 17.2. The van der Waals surface area contributed by atoms with Crippen LogP contribution in [0.3, 0.4) is 0 Å². The SMILES string of the molecule is [N-]=[N+]=N[C@@H](c1ccccc1)[C@H](OCc1ccccc1)[C@@H](CC=O)OCc1ccccc1. The van der Waals surface area contributed by atoms with E-state index in [-0.39, 0.29) is 6.42 Å². The molecule has 158 valence electrons. The van der Waals surface area contributed by atoms with E-state index in [1.54, 1.807) is 0 Å². The molecule has 0 bridgehead atoms. The summed E-state index contributed by atoms with van der Waals surface area (Å²) in [6.07, 6.45) is -0.298. The fourth-order valence-electron chi connectivity index (χ4n) is 3.37. The summed E-state index contributed by atoms with van der Waals surface area (Å²) >= 11 is 0. The maximum atomic E-state index is 11.5. The molecule has 6 heteroatoms. The van der Waals surface area contributed by atoms with E-state index in [9.17, 15) is 10.3 Å². The highest BCUT2D eigenvalue weighted by Gasteiger charge is 2.32. The number of benzene rings is 3. The van der Waals surface area contributed by atoms with Crippen molar-refractivity contribution in [3.05, 3.63) is 118 Å². The maximum Gasteiger partial charge on any atom is 0.122 e. The largest absolute Gasteiger partial charge is 0.370 e. The van der Waals surface area contributed by atoms with Gasteiger partial charge in [-0.25, -0.2) is 0 Å². The standard InChI is InChI=1S/C25H25N3O3/c26-28-27-24(22-14-8-3-9-15-22)25(31-19-21-12-6-2-7-13-21)23(16-17-29)30-18-20-10-4-1-5-11-20/h1-15,17,23-25H,16,18-19H2/t23-,24+,25-/m1/s1. The number of aldehydes is 1. The molecule has 0 N–H and O–H groups in total. The molecule has 0 saturated carbocycles. The molecule has 6 nitrogen and oxygen atoms in total. The Morgan fingerprint density at radius 3 is 1.84 bits per heavy atom. The fraction of sp³-hybridized carbons (Fsp3) is 0.240. The summed E-state index contributed by atoms with van der Waals surface area (Å²) in [4.78, 5) is 14.5. The van der Waals surface area contributed by atoms with Crippen molar-refractivity contribution in [2.75, 3.05) is 0 Å². The summed E-state index contributed by atoms with van der Waals surface area (Å²) in [6.45, 7) is 0.627. The third-order valence-corrected chi connectivity index (χ3v) is 4.92. The van der Waals surface area contributed by atoms with Crippen LogP contribution in [-0.2, 0) is 27.5 Å². The smallest absolute Gasteiger partial charge is 0.122 e. The van der Waals surface area contributed by atoms with Crippen molar-refractivity contribution in [1.82, 2.24) is 0 Å². The van der Waals surface area contributed by atoms with E-state index in [0.717, 1.165) is 23.0 Å². The predicted octanol–water partition coefficient (Wildman–Crippen LogP) is 5.80. The lowest BCUT2D eigenvalue weighted by Gasteiger charge is -2.31. The molecule has 0 aliphatic carbocycles. The van der Waals surface area contributed by atoms with Crippen LogP contribution in [0.1, 0.15) is 29.2 Å². The third-order valence-electron chi connectivity index (χ3n) is 4.92. The minimum atomic E-state index is -0.646. The molecule has 0 aliphatic heterocycles. The number of nitrogens with zero attached hydrogens (tertiary/aromatic N) is 3. The number of rotatable bonds is 12. The van der Waals surface area contributed by atoms with Crippen LogP contribution in [0.15, 0.2) is 96.1 Å². The average molecular weight is 415 g/mol. The Bertz CT molecular complexity index is 961. The number of carbonyl (C=O) groups excluding carboxylic acids is 1. The first-order chi connectivity index (χ1) is 15.3. The van der Waals surface area contributed by atoms with Crippen LogP contribution in [0.25, 0.3) is 10.4 Å². The van der Waals surface area contributed by atoms with Gasteiger partial charge < -0.3 is 14.3 Å². The van der Waals surface area contributed by atoms with Gasteiger partial charge in [-0.2, -0.15) is 0 Å². The van der Waals surface area contributed by atoms with Crippen molar-refractivity contribution >= 4 is 6.29 Å². The summed E-state index contributed by atoms with van der Waals surface area (Å²) in [5.41, 5.74) is 12.0. The molecule has 0 aliphatic rings. The first kappa shape index (κ1) is 22.2. The van der Waals surface area contributed by atoms with E-state index in [2.05, 4.69) is 10.0 Å². The lowest BCUT2D eigenvalue weighted by Crippen LogP contribution is -2.36. The van der Waals surface area contributed by atoms with Crippen molar-refractivity contribution in [3.63, 3.8) is 0 Å². The van der Waals surface area contributed by atoms with Gasteiger partial charge in [-0.1, -0.05) is 96.1 Å². The summed E-state index contributed by atoms with van der Waals surface area (Å²) in [6, 6.07) is 28.2. The number of carbonyl (C=O) groups is 1. The number of hydrogen-bond acceptors (Lipinski definition) is 4. The molecule has 0 heterocycles. The molecular weight excluding hydrogens is 390 g/mol. The van der Waals surface area contributed by atoms with Crippen molar-refractivity contribution < 1.29 is 14.3 Å². The summed E-state index contributed by atoms with van der Waals surface area (Å²) in [5.74, 6) is 0. The molecule has 3 rings (SSSR count). The van der Waals surface area contributed by atoms with Crippen LogP contribution in [-0.4, -0.2) is 18.5 Å². The van der Waals surface area contributed by atoms with Crippen molar-refractivity contribution in [2.24, 2.45) is 5.11 Å². The Kier molecular flexibility index (Phi) is 8.83. The van der Waals surface area contributed by atoms with Gasteiger partial charge in [0, 0.05) is 11.3 Å². The molecule has 0 fully saturated rings. The number of azide groups is 1. The van der Waals surface area contributed by atoms with Gasteiger partial charge in [-0.15, -0.1) is 0 Å². The van der Waals surface area contributed by atoms with Crippen molar-refractivity contribution in [1.29, 1.82) is 0 Å². The Hall–Kier alpha value is -3.44. The van der Waals surface area contributed by atoms with E-state index >= 15 is 0 Å². The van der Waals surface area contributed by atoms with Crippen LogP contribution < -0.4 is 0 Å². The quantitative estimate of drug-likeness (QED) is 0.162. The van der Waals surface area contributed by atoms with E-state index in [1.807, 2.05) is 91.0 Å². The van der Waals surface area contributed by atoms with Crippen molar-refractivity contribution in [3.8, 4) is 0 Å². The van der Waals surface area contributed by atoms with Gasteiger partial charge in [-0.3, -0.25) is 0 Å². The van der Waals surface area contributed by atoms with Crippen molar-refractivity contribution in [2.45, 2.75) is 37.9 Å². The fourth-order valence-corrected chi connectivity index (χ4v) is 3.37. The van der Waals surface area contributed by atoms with Crippen LogP contribution >= 0.6 is 0 Å². The van der Waals surface area contributed by atoms with E-state index in [4.69, 9.17) is 9.47 Å². The zero-order chi connectivity index (χ0) is 21.7. The highest BCUT2D eigenvalue weighted by Crippen LogP contribution is 2.30. The van der Waals surface area contributed by atoms with Gasteiger partial charge in [0.2, 0.25) is 0 Å². The summed E-state index contributed by atoms with van der Waals surface area (Å²) < 4.78 is 12.4. The monoisotopic (exact) mass is 415 g/mol. The molecule has 3 aromatic carbocycles. The van der Waals surface area contributed by atoms with Gasteiger partial charge in [0.15, 0.2) is 0 Å². The van der Waals surface area contributed by atoms with E-state index in [0.29, 0.717) is 13.2 Å².